The fraction of sp³-hybridized carbons (Fsp3) is 0.412. The van der Waals surface area contributed by atoms with Crippen molar-refractivity contribution in [2.75, 3.05) is 0 Å². The number of rotatable bonds is 4. The van der Waals surface area contributed by atoms with Crippen LogP contribution in [0.15, 0.2) is 22.7 Å². The quantitative estimate of drug-likeness (QED) is 0.930. The van der Waals surface area contributed by atoms with E-state index in [1.807, 2.05) is 0 Å². The zero-order valence-corrected chi connectivity index (χ0v) is 13.4. The standard InChI is InChI=1S/C17H18F2N2O3/c1-9-16(10(2)24-21-9)17(22)20-14-4-3-5-15(14)23-13-7-11(18)6-12(19)8-13/h6-8,14-15H,3-5H2,1-2H3,(H,20,22)/t14-,15+/m0/s1. The Kier molecular flexibility index (Phi) is 4.51. The van der Waals surface area contributed by atoms with Gasteiger partial charge in [0.05, 0.1) is 11.7 Å². The largest absolute Gasteiger partial charge is 0.488 e. The number of nitrogens with one attached hydrogen (secondary N) is 1. The molecule has 1 N–H and O–H groups in total. The van der Waals surface area contributed by atoms with Crippen LogP contribution in [0.1, 0.15) is 41.1 Å². The molecule has 24 heavy (non-hydrogen) atoms. The maximum absolute atomic E-state index is 13.3. The normalized spacial score (nSPS) is 20.2. The van der Waals surface area contributed by atoms with Crippen LogP contribution in [-0.4, -0.2) is 23.2 Å². The first-order valence-corrected chi connectivity index (χ1v) is 7.80. The SMILES string of the molecule is Cc1noc(C)c1C(=O)N[C@H]1CCC[C@H]1Oc1cc(F)cc(F)c1. The van der Waals surface area contributed by atoms with Gasteiger partial charge in [0.2, 0.25) is 0 Å². The summed E-state index contributed by atoms with van der Waals surface area (Å²) in [4.78, 5) is 12.4. The van der Waals surface area contributed by atoms with Gasteiger partial charge in [-0.2, -0.15) is 0 Å². The molecule has 0 unspecified atom stereocenters. The Hall–Kier alpha value is -2.44. The first kappa shape index (κ1) is 16.4. The van der Waals surface area contributed by atoms with Gasteiger partial charge in [-0.1, -0.05) is 5.16 Å². The molecule has 3 rings (SSSR count). The molecule has 7 heteroatoms. The number of aryl methyl sites for hydroxylation is 2. The fourth-order valence-corrected chi connectivity index (χ4v) is 3.05. The minimum absolute atomic E-state index is 0.121. The van der Waals surface area contributed by atoms with Crippen molar-refractivity contribution >= 4 is 5.91 Å². The molecule has 0 radical (unpaired) electrons. The zero-order valence-electron chi connectivity index (χ0n) is 13.4. The van der Waals surface area contributed by atoms with Crippen LogP contribution in [0, 0.1) is 25.5 Å². The van der Waals surface area contributed by atoms with E-state index in [9.17, 15) is 13.6 Å². The van der Waals surface area contributed by atoms with E-state index in [0.29, 0.717) is 23.4 Å². The third-order valence-electron chi connectivity index (χ3n) is 4.15. The summed E-state index contributed by atoms with van der Waals surface area (Å²) in [7, 11) is 0. The summed E-state index contributed by atoms with van der Waals surface area (Å²) in [5.74, 6) is -1.10. The van der Waals surface area contributed by atoms with E-state index in [2.05, 4.69) is 10.5 Å². The van der Waals surface area contributed by atoms with Gasteiger partial charge in [-0.3, -0.25) is 4.79 Å². The molecular formula is C17H18F2N2O3. The van der Waals surface area contributed by atoms with Crippen molar-refractivity contribution in [3.63, 3.8) is 0 Å². The summed E-state index contributed by atoms with van der Waals surface area (Å²) in [6.45, 7) is 3.37. The van der Waals surface area contributed by atoms with Gasteiger partial charge in [-0.25, -0.2) is 8.78 Å². The molecule has 1 fully saturated rings. The van der Waals surface area contributed by atoms with Gasteiger partial charge in [-0.05, 0) is 33.1 Å². The molecule has 2 aromatic rings. The molecule has 1 aliphatic rings. The molecule has 128 valence electrons. The van der Waals surface area contributed by atoms with Gasteiger partial charge in [0.25, 0.3) is 5.91 Å². The van der Waals surface area contributed by atoms with Gasteiger partial charge >= 0.3 is 0 Å². The number of aromatic nitrogens is 1. The van der Waals surface area contributed by atoms with Crippen LogP contribution in [0.2, 0.25) is 0 Å². The van der Waals surface area contributed by atoms with Crippen molar-refractivity contribution in [3.8, 4) is 5.75 Å². The van der Waals surface area contributed by atoms with E-state index < -0.39 is 11.6 Å². The Morgan fingerprint density at radius 3 is 2.58 bits per heavy atom. The topological polar surface area (TPSA) is 64.4 Å². The lowest BCUT2D eigenvalue weighted by Gasteiger charge is -2.22. The Morgan fingerprint density at radius 2 is 1.96 bits per heavy atom. The first-order chi connectivity index (χ1) is 11.4. The number of nitrogens with zero attached hydrogens (tertiary/aromatic N) is 1. The van der Waals surface area contributed by atoms with Crippen molar-refractivity contribution in [1.82, 2.24) is 10.5 Å². The molecular weight excluding hydrogens is 318 g/mol. The third kappa shape index (κ3) is 3.39. The molecule has 1 saturated carbocycles. The predicted octanol–water partition coefficient (Wildman–Crippen LogP) is 3.30. The van der Waals surface area contributed by atoms with Crippen LogP contribution in [0.4, 0.5) is 8.78 Å². The second-order valence-electron chi connectivity index (χ2n) is 5.97. The number of carbonyl (C=O) groups excluding carboxylic acids is 1. The molecule has 5 nitrogen and oxygen atoms in total. The van der Waals surface area contributed by atoms with Crippen molar-refractivity contribution in [2.45, 2.75) is 45.3 Å². The van der Waals surface area contributed by atoms with Gasteiger partial charge in [0.15, 0.2) is 0 Å². The highest BCUT2D eigenvalue weighted by molar-refractivity contribution is 5.96. The number of carbonyl (C=O) groups is 1. The molecule has 1 aromatic heterocycles. The Morgan fingerprint density at radius 1 is 1.25 bits per heavy atom. The number of benzene rings is 1. The maximum Gasteiger partial charge on any atom is 0.257 e. The molecule has 0 aliphatic heterocycles. The van der Waals surface area contributed by atoms with E-state index in [4.69, 9.17) is 9.26 Å². The van der Waals surface area contributed by atoms with Crippen molar-refractivity contribution in [1.29, 1.82) is 0 Å². The first-order valence-electron chi connectivity index (χ1n) is 7.80. The number of ether oxygens (including phenoxy) is 1. The molecule has 0 spiro atoms. The maximum atomic E-state index is 13.3. The van der Waals surface area contributed by atoms with Gasteiger partial charge in [0, 0.05) is 18.2 Å². The smallest absolute Gasteiger partial charge is 0.257 e. The third-order valence-corrected chi connectivity index (χ3v) is 4.15. The summed E-state index contributed by atoms with van der Waals surface area (Å²) in [5, 5.41) is 6.68. The lowest BCUT2D eigenvalue weighted by atomic mass is 10.1. The average Bonchev–Trinajstić information content (AvgIpc) is 3.05. The molecule has 0 saturated heterocycles. The highest BCUT2D eigenvalue weighted by Gasteiger charge is 2.32. The molecule has 1 amide bonds. The highest BCUT2D eigenvalue weighted by Crippen LogP contribution is 2.26. The van der Waals surface area contributed by atoms with Crippen LogP contribution in [0.3, 0.4) is 0 Å². The molecule has 0 bridgehead atoms. The van der Waals surface area contributed by atoms with Crippen molar-refractivity contribution in [3.05, 3.63) is 46.9 Å². The van der Waals surface area contributed by atoms with Crippen LogP contribution in [0.25, 0.3) is 0 Å². The summed E-state index contributed by atoms with van der Waals surface area (Å²) in [6.07, 6.45) is 1.95. The summed E-state index contributed by atoms with van der Waals surface area (Å²) in [6, 6.07) is 2.82. The number of hydrogen-bond donors (Lipinski definition) is 1. The summed E-state index contributed by atoms with van der Waals surface area (Å²) >= 11 is 0. The van der Waals surface area contributed by atoms with Crippen LogP contribution in [0.5, 0.6) is 5.75 Å². The van der Waals surface area contributed by atoms with E-state index >= 15 is 0 Å². The van der Waals surface area contributed by atoms with E-state index in [1.165, 1.54) is 0 Å². The van der Waals surface area contributed by atoms with Gasteiger partial charge in [-0.15, -0.1) is 0 Å². The second-order valence-corrected chi connectivity index (χ2v) is 5.97. The van der Waals surface area contributed by atoms with Crippen LogP contribution in [-0.2, 0) is 0 Å². The monoisotopic (exact) mass is 336 g/mol. The second kappa shape index (κ2) is 6.59. The van der Waals surface area contributed by atoms with E-state index in [0.717, 1.165) is 31.0 Å². The van der Waals surface area contributed by atoms with Crippen molar-refractivity contribution in [2.24, 2.45) is 0 Å². The minimum atomic E-state index is -0.695. The minimum Gasteiger partial charge on any atom is -0.488 e. The summed E-state index contributed by atoms with van der Waals surface area (Å²) < 4.78 is 37.3. The van der Waals surface area contributed by atoms with E-state index in [1.54, 1.807) is 13.8 Å². The predicted molar refractivity (Wildman–Crippen MR) is 81.9 cm³/mol. The number of halogens is 2. The van der Waals surface area contributed by atoms with Crippen LogP contribution >= 0.6 is 0 Å². The summed E-state index contributed by atoms with van der Waals surface area (Å²) in [5.41, 5.74) is 0.935. The Balaban J connectivity index is 1.70. The van der Waals surface area contributed by atoms with Gasteiger partial charge < -0.3 is 14.6 Å². The Bertz CT molecular complexity index is 721. The van der Waals surface area contributed by atoms with Gasteiger partial charge in [0.1, 0.15) is 34.8 Å². The van der Waals surface area contributed by atoms with Crippen molar-refractivity contribution < 1.29 is 22.8 Å². The number of hydrogen-bond acceptors (Lipinski definition) is 4. The molecule has 2 atom stereocenters. The molecule has 1 heterocycles. The molecule has 1 aromatic carbocycles. The lowest BCUT2D eigenvalue weighted by Crippen LogP contribution is -2.42. The fourth-order valence-electron chi connectivity index (χ4n) is 3.05. The van der Waals surface area contributed by atoms with Crippen LogP contribution < -0.4 is 10.1 Å². The highest BCUT2D eigenvalue weighted by atomic mass is 19.1. The number of amides is 1. The Labute approximate surface area is 138 Å². The average molecular weight is 336 g/mol. The molecule has 1 aliphatic carbocycles. The lowest BCUT2D eigenvalue weighted by molar-refractivity contribution is 0.0891. The zero-order chi connectivity index (χ0) is 17.3. The van der Waals surface area contributed by atoms with E-state index in [-0.39, 0.29) is 23.8 Å².